The van der Waals surface area contributed by atoms with Gasteiger partial charge in [-0.1, -0.05) is 60.1 Å². The summed E-state index contributed by atoms with van der Waals surface area (Å²) in [6.07, 6.45) is 0.538. The van der Waals surface area contributed by atoms with E-state index in [0.29, 0.717) is 17.4 Å². The standard InChI is InChI=1S/C16H12ClNO2/c17-15(12-7-3-1-4-8-12)14(11-19)18-16(20)13-9-5-2-6-10-13/h1-11H,(H,18,20)/b15-14-. The molecule has 4 heteroatoms. The predicted octanol–water partition coefficient (Wildman–Crippen LogP) is 3.22. The van der Waals surface area contributed by atoms with E-state index in [1.54, 1.807) is 48.5 Å². The van der Waals surface area contributed by atoms with Gasteiger partial charge in [-0.2, -0.15) is 0 Å². The summed E-state index contributed by atoms with van der Waals surface area (Å²) in [6.45, 7) is 0. The van der Waals surface area contributed by atoms with Crippen LogP contribution in [0.1, 0.15) is 15.9 Å². The monoisotopic (exact) mass is 285 g/mol. The molecule has 1 amide bonds. The van der Waals surface area contributed by atoms with E-state index in [9.17, 15) is 9.59 Å². The van der Waals surface area contributed by atoms with Gasteiger partial charge in [0.25, 0.3) is 5.91 Å². The van der Waals surface area contributed by atoms with Gasteiger partial charge in [0.15, 0.2) is 6.29 Å². The summed E-state index contributed by atoms with van der Waals surface area (Å²) >= 11 is 6.14. The van der Waals surface area contributed by atoms with Crippen molar-refractivity contribution in [1.82, 2.24) is 5.32 Å². The summed E-state index contributed by atoms with van der Waals surface area (Å²) < 4.78 is 0. The fourth-order valence-corrected chi connectivity index (χ4v) is 1.88. The van der Waals surface area contributed by atoms with E-state index < -0.39 is 0 Å². The Kier molecular flexibility index (Phi) is 4.69. The molecule has 0 aromatic heterocycles. The Labute approximate surface area is 121 Å². The molecule has 2 aromatic rings. The van der Waals surface area contributed by atoms with Gasteiger partial charge in [0, 0.05) is 5.56 Å². The maximum Gasteiger partial charge on any atom is 0.255 e. The Hall–Kier alpha value is -2.39. The lowest BCUT2D eigenvalue weighted by Crippen LogP contribution is -2.24. The molecule has 0 saturated carbocycles. The van der Waals surface area contributed by atoms with Gasteiger partial charge in [0.2, 0.25) is 0 Å². The molecule has 0 bridgehead atoms. The van der Waals surface area contributed by atoms with Crippen molar-refractivity contribution in [3.8, 4) is 0 Å². The van der Waals surface area contributed by atoms with Gasteiger partial charge in [0.1, 0.15) is 5.70 Å². The van der Waals surface area contributed by atoms with Crippen molar-refractivity contribution in [3.63, 3.8) is 0 Å². The molecule has 0 atom stereocenters. The first-order valence-electron chi connectivity index (χ1n) is 5.99. The summed E-state index contributed by atoms with van der Waals surface area (Å²) in [5.74, 6) is -0.373. The first-order chi connectivity index (χ1) is 9.72. The maximum atomic E-state index is 12.0. The third-order valence-electron chi connectivity index (χ3n) is 2.67. The van der Waals surface area contributed by atoms with E-state index >= 15 is 0 Å². The van der Waals surface area contributed by atoms with Crippen molar-refractivity contribution in [2.45, 2.75) is 0 Å². The minimum absolute atomic E-state index is 0.0479. The normalized spacial score (nSPS) is 11.4. The van der Waals surface area contributed by atoms with E-state index in [-0.39, 0.29) is 16.6 Å². The van der Waals surface area contributed by atoms with Crippen LogP contribution < -0.4 is 5.32 Å². The molecule has 0 fully saturated rings. The molecule has 0 aliphatic rings. The molecule has 0 saturated heterocycles. The quantitative estimate of drug-likeness (QED) is 0.692. The third-order valence-corrected chi connectivity index (χ3v) is 3.09. The van der Waals surface area contributed by atoms with E-state index in [4.69, 9.17) is 11.6 Å². The number of amides is 1. The van der Waals surface area contributed by atoms with Crippen LogP contribution in [0.2, 0.25) is 0 Å². The highest BCUT2D eigenvalue weighted by Crippen LogP contribution is 2.20. The van der Waals surface area contributed by atoms with Crippen LogP contribution in [0.5, 0.6) is 0 Å². The molecule has 0 unspecified atom stereocenters. The van der Waals surface area contributed by atoms with Gasteiger partial charge >= 0.3 is 0 Å². The van der Waals surface area contributed by atoms with Gasteiger partial charge in [-0.25, -0.2) is 0 Å². The van der Waals surface area contributed by atoms with Gasteiger partial charge in [-0.15, -0.1) is 0 Å². The SMILES string of the molecule is O=C/C(NC(=O)c1ccccc1)=C(/Cl)c1ccccc1. The van der Waals surface area contributed by atoms with Crippen LogP contribution in [0, 0.1) is 0 Å². The predicted molar refractivity (Wildman–Crippen MR) is 79.2 cm³/mol. The highest BCUT2D eigenvalue weighted by Gasteiger charge is 2.11. The summed E-state index contributed by atoms with van der Waals surface area (Å²) in [4.78, 5) is 23.1. The summed E-state index contributed by atoms with van der Waals surface area (Å²) in [5, 5.41) is 2.73. The van der Waals surface area contributed by atoms with Crippen LogP contribution in [0.25, 0.3) is 5.03 Å². The average Bonchev–Trinajstić information content (AvgIpc) is 2.53. The molecule has 100 valence electrons. The minimum Gasteiger partial charge on any atom is -0.318 e. The number of allylic oxidation sites excluding steroid dienone is 1. The van der Waals surface area contributed by atoms with Crippen LogP contribution >= 0.6 is 11.6 Å². The summed E-state index contributed by atoms with van der Waals surface area (Å²) in [7, 11) is 0. The highest BCUT2D eigenvalue weighted by molar-refractivity contribution is 6.50. The molecule has 2 aromatic carbocycles. The number of hydrogen-bond acceptors (Lipinski definition) is 2. The number of benzene rings is 2. The molecule has 0 heterocycles. The lowest BCUT2D eigenvalue weighted by atomic mass is 10.1. The van der Waals surface area contributed by atoms with Crippen LogP contribution in [0.4, 0.5) is 0 Å². The largest absolute Gasteiger partial charge is 0.318 e. The molecule has 20 heavy (non-hydrogen) atoms. The first kappa shape index (κ1) is 14.0. The topological polar surface area (TPSA) is 46.2 Å². The molecule has 0 spiro atoms. The Bertz CT molecular complexity index is 636. The van der Waals surface area contributed by atoms with Crippen LogP contribution in [-0.4, -0.2) is 12.2 Å². The number of aldehydes is 1. The first-order valence-corrected chi connectivity index (χ1v) is 6.37. The van der Waals surface area contributed by atoms with E-state index in [1.807, 2.05) is 12.1 Å². The maximum absolute atomic E-state index is 12.0. The lowest BCUT2D eigenvalue weighted by molar-refractivity contribution is -0.105. The lowest BCUT2D eigenvalue weighted by Gasteiger charge is -2.07. The Morgan fingerprint density at radius 2 is 1.40 bits per heavy atom. The molecule has 3 nitrogen and oxygen atoms in total. The van der Waals surface area contributed by atoms with Crippen molar-refractivity contribution in [2.75, 3.05) is 0 Å². The van der Waals surface area contributed by atoms with Crippen molar-refractivity contribution in [2.24, 2.45) is 0 Å². The fourth-order valence-electron chi connectivity index (χ4n) is 1.66. The Balaban J connectivity index is 2.25. The number of carbonyl (C=O) groups is 2. The van der Waals surface area contributed by atoms with Crippen LogP contribution in [0.15, 0.2) is 66.4 Å². The van der Waals surface area contributed by atoms with Crippen LogP contribution in [0.3, 0.4) is 0 Å². The van der Waals surface area contributed by atoms with E-state index in [2.05, 4.69) is 5.32 Å². The third kappa shape index (κ3) is 3.33. The number of hydrogen-bond donors (Lipinski definition) is 1. The molecular formula is C16H12ClNO2. The van der Waals surface area contributed by atoms with Gasteiger partial charge < -0.3 is 5.32 Å². The van der Waals surface area contributed by atoms with E-state index in [0.717, 1.165) is 0 Å². The van der Waals surface area contributed by atoms with Crippen LogP contribution in [-0.2, 0) is 4.79 Å². The van der Waals surface area contributed by atoms with E-state index in [1.165, 1.54) is 0 Å². The Morgan fingerprint density at radius 1 is 0.900 bits per heavy atom. The van der Waals surface area contributed by atoms with Gasteiger partial charge in [0.05, 0.1) is 5.03 Å². The second-order valence-electron chi connectivity index (χ2n) is 4.03. The molecule has 0 radical (unpaired) electrons. The number of halogens is 1. The molecular weight excluding hydrogens is 274 g/mol. The number of carbonyl (C=O) groups excluding carboxylic acids is 2. The molecule has 0 aliphatic carbocycles. The average molecular weight is 286 g/mol. The van der Waals surface area contributed by atoms with Crippen molar-refractivity contribution in [1.29, 1.82) is 0 Å². The van der Waals surface area contributed by atoms with Crippen molar-refractivity contribution in [3.05, 3.63) is 77.5 Å². The van der Waals surface area contributed by atoms with Gasteiger partial charge in [-0.3, -0.25) is 9.59 Å². The van der Waals surface area contributed by atoms with Crippen molar-refractivity contribution < 1.29 is 9.59 Å². The van der Waals surface area contributed by atoms with Crippen molar-refractivity contribution >= 4 is 28.8 Å². The number of rotatable bonds is 4. The molecule has 2 rings (SSSR count). The highest BCUT2D eigenvalue weighted by atomic mass is 35.5. The molecule has 1 N–H and O–H groups in total. The zero-order valence-electron chi connectivity index (χ0n) is 10.5. The Morgan fingerprint density at radius 3 is 1.90 bits per heavy atom. The minimum atomic E-state index is -0.373. The van der Waals surface area contributed by atoms with Gasteiger partial charge in [-0.05, 0) is 17.7 Å². The molecule has 0 aliphatic heterocycles. The fraction of sp³-hybridized carbons (Fsp3) is 0. The zero-order chi connectivity index (χ0) is 14.4. The zero-order valence-corrected chi connectivity index (χ0v) is 11.3. The second kappa shape index (κ2) is 6.68. The number of nitrogens with one attached hydrogen (secondary N) is 1. The second-order valence-corrected chi connectivity index (χ2v) is 4.41. The smallest absolute Gasteiger partial charge is 0.255 e. The summed E-state index contributed by atoms with van der Waals surface area (Å²) in [5.41, 5.74) is 1.18. The summed E-state index contributed by atoms with van der Waals surface area (Å²) in [6, 6.07) is 17.6.